The maximum atomic E-state index is 5.87. The molecule has 0 bridgehead atoms. The average Bonchev–Trinajstić information content (AvgIpc) is 2.85. The van der Waals surface area contributed by atoms with Gasteiger partial charge in [0.2, 0.25) is 0 Å². The van der Waals surface area contributed by atoms with E-state index in [0.717, 1.165) is 47.7 Å². The van der Waals surface area contributed by atoms with E-state index in [1.807, 2.05) is 24.5 Å². The summed E-state index contributed by atoms with van der Waals surface area (Å²) < 4.78 is 5.87. The van der Waals surface area contributed by atoms with Crippen molar-refractivity contribution < 1.29 is 4.74 Å². The average molecular weight is 431 g/mol. The molecule has 0 amide bonds. The SMILES string of the molecule is CCCCCCCOc1ccc(-c2ccc(-c3ccc(CCCCCC)cn3)cn2)cc1. The van der Waals surface area contributed by atoms with Gasteiger partial charge in [0.15, 0.2) is 0 Å². The highest BCUT2D eigenvalue weighted by atomic mass is 16.5. The predicted molar refractivity (Wildman–Crippen MR) is 135 cm³/mol. The standard InChI is InChI=1S/C29H38N2O/c1-3-5-7-9-11-21-32-27-17-14-25(15-18-27)28-20-16-26(23-31-28)29-19-13-24(22-30-29)12-10-8-6-4-2/h13-20,22-23H,3-12,21H2,1-2H3. The molecule has 0 saturated carbocycles. The molecule has 0 unspecified atom stereocenters. The third kappa shape index (κ3) is 7.78. The summed E-state index contributed by atoms with van der Waals surface area (Å²) in [5.41, 5.74) is 5.41. The van der Waals surface area contributed by atoms with Crippen molar-refractivity contribution in [2.24, 2.45) is 0 Å². The van der Waals surface area contributed by atoms with E-state index in [4.69, 9.17) is 4.74 Å². The zero-order chi connectivity index (χ0) is 22.4. The predicted octanol–water partition coefficient (Wildman–Crippen LogP) is 8.28. The number of pyridine rings is 2. The summed E-state index contributed by atoms with van der Waals surface area (Å²) in [5.74, 6) is 0.930. The molecule has 170 valence electrons. The van der Waals surface area contributed by atoms with Crippen LogP contribution < -0.4 is 4.74 Å². The highest BCUT2D eigenvalue weighted by molar-refractivity contribution is 5.65. The van der Waals surface area contributed by atoms with Crippen LogP contribution in [0.4, 0.5) is 0 Å². The van der Waals surface area contributed by atoms with Crippen molar-refractivity contribution >= 4 is 0 Å². The molecule has 32 heavy (non-hydrogen) atoms. The molecule has 3 nitrogen and oxygen atoms in total. The zero-order valence-corrected chi connectivity index (χ0v) is 19.9. The lowest BCUT2D eigenvalue weighted by molar-refractivity contribution is 0.304. The second-order valence-corrected chi connectivity index (χ2v) is 8.58. The van der Waals surface area contributed by atoms with Crippen LogP contribution >= 0.6 is 0 Å². The Balaban J connectivity index is 1.50. The van der Waals surface area contributed by atoms with Crippen molar-refractivity contribution in [3.05, 3.63) is 66.5 Å². The molecule has 0 N–H and O–H groups in total. The second-order valence-electron chi connectivity index (χ2n) is 8.58. The van der Waals surface area contributed by atoms with Crippen molar-refractivity contribution in [2.45, 2.75) is 78.1 Å². The summed E-state index contributed by atoms with van der Waals surface area (Å²) in [6.45, 7) is 5.28. The number of aromatic nitrogens is 2. The fraction of sp³-hybridized carbons (Fsp3) is 0.448. The molecular weight excluding hydrogens is 392 g/mol. The smallest absolute Gasteiger partial charge is 0.119 e. The van der Waals surface area contributed by atoms with E-state index < -0.39 is 0 Å². The third-order valence-electron chi connectivity index (χ3n) is 5.87. The van der Waals surface area contributed by atoms with E-state index in [1.54, 1.807) is 0 Å². The minimum Gasteiger partial charge on any atom is -0.494 e. The quantitative estimate of drug-likeness (QED) is 0.241. The van der Waals surface area contributed by atoms with Gasteiger partial charge in [-0.3, -0.25) is 9.97 Å². The Bertz CT molecular complexity index is 886. The maximum Gasteiger partial charge on any atom is 0.119 e. The van der Waals surface area contributed by atoms with Gasteiger partial charge in [0.1, 0.15) is 5.75 Å². The Morgan fingerprint density at radius 1 is 0.594 bits per heavy atom. The Hall–Kier alpha value is -2.68. The fourth-order valence-electron chi connectivity index (χ4n) is 3.83. The van der Waals surface area contributed by atoms with Crippen molar-refractivity contribution in [2.75, 3.05) is 6.61 Å². The Kier molecular flexibility index (Phi) is 10.2. The van der Waals surface area contributed by atoms with Gasteiger partial charge in [0, 0.05) is 23.5 Å². The van der Waals surface area contributed by atoms with Gasteiger partial charge in [-0.05, 0) is 67.3 Å². The van der Waals surface area contributed by atoms with Crippen LogP contribution in [0.3, 0.4) is 0 Å². The van der Waals surface area contributed by atoms with Crippen molar-refractivity contribution in [1.29, 1.82) is 0 Å². The molecule has 1 aromatic carbocycles. The third-order valence-corrected chi connectivity index (χ3v) is 5.87. The van der Waals surface area contributed by atoms with Crippen LogP contribution in [0.5, 0.6) is 5.75 Å². The van der Waals surface area contributed by atoms with E-state index in [-0.39, 0.29) is 0 Å². The number of aryl methyl sites for hydroxylation is 1. The van der Waals surface area contributed by atoms with Crippen molar-refractivity contribution in [3.63, 3.8) is 0 Å². The Labute approximate surface area is 194 Å². The molecule has 0 atom stereocenters. The van der Waals surface area contributed by atoms with Gasteiger partial charge in [-0.25, -0.2) is 0 Å². The molecule has 0 fully saturated rings. The molecule has 2 heterocycles. The Morgan fingerprint density at radius 2 is 1.22 bits per heavy atom. The summed E-state index contributed by atoms with van der Waals surface area (Å²) in [4.78, 5) is 9.33. The molecule has 3 rings (SSSR count). The van der Waals surface area contributed by atoms with Crippen molar-refractivity contribution in [3.8, 4) is 28.3 Å². The summed E-state index contributed by atoms with van der Waals surface area (Å²) in [6, 6.07) is 16.7. The lowest BCUT2D eigenvalue weighted by Crippen LogP contribution is -1.97. The molecule has 0 radical (unpaired) electrons. The van der Waals surface area contributed by atoms with Crippen LogP contribution in [-0.2, 0) is 6.42 Å². The van der Waals surface area contributed by atoms with E-state index in [0.29, 0.717) is 0 Å². The minimum atomic E-state index is 0.792. The fourth-order valence-corrected chi connectivity index (χ4v) is 3.83. The largest absolute Gasteiger partial charge is 0.494 e. The van der Waals surface area contributed by atoms with E-state index in [1.165, 1.54) is 56.9 Å². The lowest BCUT2D eigenvalue weighted by Gasteiger charge is -2.08. The van der Waals surface area contributed by atoms with Gasteiger partial charge in [-0.15, -0.1) is 0 Å². The molecule has 0 saturated heterocycles. The van der Waals surface area contributed by atoms with Crippen LogP contribution in [-0.4, -0.2) is 16.6 Å². The van der Waals surface area contributed by atoms with Gasteiger partial charge >= 0.3 is 0 Å². The molecule has 3 aromatic rings. The van der Waals surface area contributed by atoms with Crippen molar-refractivity contribution in [1.82, 2.24) is 9.97 Å². The first kappa shape index (κ1) is 24.0. The molecule has 0 aliphatic carbocycles. The topological polar surface area (TPSA) is 35.0 Å². The normalized spacial score (nSPS) is 10.9. The monoisotopic (exact) mass is 430 g/mol. The first-order chi connectivity index (χ1) is 15.8. The highest BCUT2D eigenvalue weighted by Gasteiger charge is 2.04. The molecule has 0 spiro atoms. The van der Waals surface area contributed by atoms with Gasteiger partial charge in [0.05, 0.1) is 18.0 Å². The van der Waals surface area contributed by atoms with Crippen LogP contribution in [0.15, 0.2) is 60.9 Å². The second kappa shape index (κ2) is 13.7. The summed E-state index contributed by atoms with van der Waals surface area (Å²) in [7, 11) is 0. The summed E-state index contributed by atoms with van der Waals surface area (Å²) in [5, 5.41) is 0. The summed E-state index contributed by atoms with van der Waals surface area (Å²) >= 11 is 0. The van der Waals surface area contributed by atoms with Crippen LogP contribution in [0, 0.1) is 0 Å². The molecule has 3 heteroatoms. The molecule has 2 aromatic heterocycles. The minimum absolute atomic E-state index is 0.792. The number of nitrogens with zero attached hydrogens (tertiary/aromatic N) is 2. The number of benzene rings is 1. The number of hydrogen-bond acceptors (Lipinski definition) is 3. The first-order valence-electron chi connectivity index (χ1n) is 12.4. The lowest BCUT2D eigenvalue weighted by atomic mass is 10.1. The van der Waals surface area contributed by atoms with Crippen LogP contribution in [0.1, 0.15) is 77.2 Å². The number of rotatable bonds is 14. The molecule has 0 aliphatic rings. The Morgan fingerprint density at radius 3 is 1.88 bits per heavy atom. The molecule has 0 aliphatic heterocycles. The number of hydrogen-bond donors (Lipinski definition) is 0. The summed E-state index contributed by atoms with van der Waals surface area (Å²) in [6.07, 6.45) is 16.5. The van der Waals surface area contributed by atoms with E-state index in [9.17, 15) is 0 Å². The molecular formula is C29H38N2O. The highest BCUT2D eigenvalue weighted by Crippen LogP contribution is 2.24. The van der Waals surface area contributed by atoms with Gasteiger partial charge < -0.3 is 4.74 Å². The maximum absolute atomic E-state index is 5.87. The zero-order valence-electron chi connectivity index (χ0n) is 19.9. The van der Waals surface area contributed by atoms with E-state index >= 15 is 0 Å². The number of ether oxygens (including phenoxy) is 1. The van der Waals surface area contributed by atoms with Crippen LogP contribution in [0.25, 0.3) is 22.5 Å². The van der Waals surface area contributed by atoms with Gasteiger partial charge in [0.25, 0.3) is 0 Å². The first-order valence-corrected chi connectivity index (χ1v) is 12.4. The van der Waals surface area contributed by atoms with Gasteiger partial charge in [-0.1, -0.05) is 64.9 Å². The van der Waals surface area contributed by atoms with E-state index in [2.05, 4.69) is 60.2 Å². The number of unbranched alkanes of at least 4 members (excludes halogenated alkanes) is 7. The van der Waals surface area contributed by atoms with Gasteiger partial charge in [-0.2, -0.15) is 0 Å². The van der Waals surface area contributed by atoms with Crippen LogP contribution in [0.2, 0.25) is 0 Å².